The highest BCUT2D eigenvalue weighted by molar-refractivity contribution is 5.69. The minimum absolute atomic E-state index is 0.0101. The molecule has 0 aliphatic heterocycles. The molecule has 0 spiro atoms. The number of aliphatic hydroxyl groups excluding tert-OH is 2. The molecular formula is C45H80O4. The Kier molecular flexibility index (Phi) is 16.5. The van der Waals surface area contributed by atoms with Crippen LogP contribution in [0.15, 0.2) is 11.6 Å². The number of unbranched alkanes of at least 4 members (excludes halogenated alkanes) is 9. The van der Waals surface area contributed by atoms with Gasteiger partial charge in [-0.1, -0.05) is 137 Å². The summed E-state index contributed by atoms with van der Waals surface area (Å²) >= 11 is 0. The van der Waals surface area contributed by atoms with Crippen LogP contribution in [0.5, 0.6) is 0 Å². The molecule has 4 aliphatic carbocycles. The summed E-state index contributed by atoms with van der Waals surface area (Å²) in [7, 11) is 0. The second-order valence-corrected chi connectivity index (χ2v) is 18.6. The van der Waals surface area contributed by atoms with E-state index >= 15 is 0 Å². The molecule has 4 aliphatic rings. The Hall–Kier alpha value is -0.870. The third kappa shape index (κ3) is 11.1. The summed E-state index contributed by atoms with van der Waals surface area (Å²) in [4.78, 5) is 12.8. The van der Waals surface area contributed by atoms with Crippen molar-refractivity contribution in [2.75, 3.05) is 0 Å². The molecular weight excluding hydrogens is 604 g/mol. The largest absolute Gasteiger partial charge is 0.462 e. The van der Waals surface area contributed by atoms with E-state index in [0.717, 1.165) is 93.3 Å². The molecule has 3 saturated carbocycles. The third-order valence-corrected chi connectivity index (χ3v) is 14.7. The predicted octanol–water partition coefficient (Wildman–Crippen LogP) is 12.1. The van der Waals surface area contributed by atoms with Gasteiger partial charge in [0.2, 0.25) is 0 Å². The van der Waals surface area contributed by atoms with Gasteiger partial charge in [0.15, 0.2) is 0 Å². The molecule has 49 heavy (non-hydrogen) atoms. The van der Waals surface area contributed by atoms with Crippen LogP contribution in [0.2, 0.25) is 0 Å². The zero-order chi connectivity index (χ0) is 35.4. The number of rotatable bonds is 22. The van der Waals surface area contributed by atoms with Crippen molar-refractivity contribution in [3.05, 3.63) is 11.6 Å². The maximum atomic E-state index is 12.8. The summed E-state index contributed by atoms with van der Waals surface area (Å²) in [6.45, 7) is 14.8. The highest BCUT2D eigenvalue weighted by Crippen LogP contribution is 2.67. The van der Waals surface area contributed by atoms with Crippen molar-refractivity contribution >= 4 is 5.97 Å². The van der Waals surface area contributed by atoms with Gasteiger partial charge in [0.05, 0.1) is 12.2 Å². The van der Waals surface area contributed by atoms with Crippen LogP contribution in [0.25, 0.3) is 0 Å². The van der Waals surface area contributed by atoms with Gasteiger partial charge in [-0.05, 0) is 111 Å². The predicted molar refractivity (Wildman–Crippen MR) is 205 cm³/mol. The lowest BCUT2D eigenvalue weighted by Gasteiger charge is -2.58. The van der Waals surface area contributed by atoms with E-state index in [2.05, 4.69) is 47.6 Å². The first-order valence-electron chi connectivity index (χ1n) is 21.7. The van der Waals surface area contributed by atoms with Crippen LogP contribution in [-0.2, 0) is 9.53 Å². The molecule has 10 atom stereocenters. The molecule has 0 aromatic heterocycles. The Balaban J connectivity index is 1.12. The van der Waals surface area contributed by atoms with Crippen LogP contribution < -0.4 is 0 Å². The third-order valence-electron chi connectivity index (χ3n) is 14.7. The maximum absolute atomic E-state index is 12.8. The number of fused-ring (bicyclic) bond motifs is 5. The summed E-state index contributed by atoms with van der Waals surface area (Å²) in [5.74, 6) is 5.12. The Bertz CT molecular complexity index is 1000. The van der Waals surface area contributed by atoms with Gasteiger partial charge in [0, 0.05) is 12.8 Å². The first-order chi connectivity index (χ1) is 23.5. The van der Waals surface area contributed by atoms with Gasteiger partial charge in [-0.25, -0.2) is 0 Å². The molecule has 3 fully saturated rings. The van der Waals surface area contributed by atoms with Gasteiger partial charge in [0.1, 0.15) is 6.10 Å². The molecule has 0 heterocycles. The van der Waals surface area contributed by atoms with Crippen LogP contribution in [0.4, 0.5) is 0 Å². The second kappa shape index (κ2) is 19.8. The van der Waals surface area contributed by atoms with Gasteiger partial charge in [-0.15, -0.1) is 0 Å². The highest BCUT2D eigenvalue weighted by Gasteiger charge is 2.59. The van der Waals surface area contributed by atoms with E-state index in [-0.39, 0.29) is 12.1 Å². The highest BCUT2D eigenvalue weighted by atomic mass is 16.5. The maximum Gasteiger partial charge on any atom is 0.306 e. The number of allylic oxidation sites excluding steroid dienone is 1. The van der Waals surface area contributed by atoms with Crippen molar-refractivity contribution < 1.29 is 19.7 Å². The van der Waals surface area contributed by atoms with Crippen LogP contribution in [0, 0.1) is 46.3 Å². The Morgan fingerprint density at radius 1 is 0.776 bits per heavy atom. The summed E-state index contributed by atoms with van der Waals surface area (Å²) in [5.41, 5.74) is 2.44. The van der Waals surface area contributed by atoms with E-state index in [9.17, 15) is 15.0 Å². The zero-order valence-corrected chi connectivity index (χ0v) is 33.2. The van der Waals surface area contributed by atoms with Crippen molar-refractivity contribution in [3.8, 4) is 0 Å². The van der Waals surface area contributed by atoms with E-state index in [1.54, 1.807) is 5.57 Å². The molecule has 4 nitrogen and oxygen atoms in total. The van der Waals surface area contributed by atoms with Crippen LogP contribution in [0.3, 0.4) is 0 Å². The molecule has 4 rings (SSSR count). The molecule has 2 unspecified atom stereocenters. The minimum atomic E-state index is -0.598. The van der Waals surface area contributed by atoms with Gasteiger partial charge in [-0.3, -0.25) is 4.79 Å². The van der Waals surface area contributed by atoms with E-state index in [4.69, 9.17) is 4.74 Å². The lowest BCUT2D eigenvalue weighted by molar-refractivity contribution is -0.151. The number of hydrogen-bond acceptors (Lipinski definition) is 4. The molecule has 2 N–H and O–H groups in total. The lowest BCUT2D eigenvalue weighted by Crippen LogP contribution is -2.51. The minimum Gasteiger partial charge on any atom is -0.462 e. The number of aliphatic hydroxyl groups is 2. The Labute approximate surface area is 303 Å². The fraction of sp³-hybridized carbons (Fsp3) is 0.933. The molecule has 4 heteroatoms. The van der Waals surface area contributed by atoms with Crippen LogP contribution >= 0.6 is 0 Å². The second-order valence-electron chi connectivity index (χ2n) is 18.6. The Morgan fingerprint density at radius 3 is 2.10 bits per heavy atom. The van der Waals surface area contributed by atoms with Crippen molar-refractivity contribution in [3.63, 3.8) is 0 Å². The average Bonchev–Trinajstić information content (AvgIpc) is 3.43. The van der Waals surface area contributed by atoms with E-state index in [0.29, 0.717) is 30.1 Å². The quantitative estimate of drug-likeness (QED) is 0.0676. The van der Waals surface area contributed by atoms with Crippen molar-refractivity contribution in [1.29, 1.82) is 0 Å². The van der Waals surface area contributed by atoms with Crippen LogP contribution in [-0.4, -0.2) is 34.5 Å². The monoisotopic (exact) mass is 685 g/mol. The van der Waals surface area contributed by atoms with Gasteiger partial charge in [0.25, 0.3) is 0 Å². The standard InChI is InChI=1S/C45H80O4/c1-7-8-9-10-12-15-21-41(46)42(47)22-16-13-11-14-17-23-43(48)49-36-28-30-44(5)35(32-36)24-25-37-39-27-26-38(34(4)20-18-19-33(2)3)45(39,6)31-29-40(37)44/h24,33-34,36-42,46-47H,7-23,25-32H2,1-6H3/t34-,36+,37+,38-,39+,40+,41?,42?,44+,45-/m1/s1. The lowest BCUT2D eigenvalue weighted by atomic mass is 9.47. The van der Waals surface area contributed by atoms with E-state index in [1.165, 1.54) is 83.5 Å². The zero-order valence-electron chi connectivity index (χ0n) is 33.2. The molecule has 0 saturated heterocycles. The van der Waals surface area contributed by atoms with Gasteiger partial charge in [-0.2, -0.15) is 0 Å². The number of ether oxygens (including phenoxy) is 1. The van der Waals surface area contributed by atoms with E-state index < -0.39 is 12.2 Å². The number of esters is 1. The smallest absolute Gasteiger partial charge is 0.306 e. The van der Waals surface area contributed by atoms with Crippen molar-refractivity contribution in [1.82, 2.24) is 0 Å². The van der Waals surface area contributed by atoms with Gasteiger partial charge < -0.3 is 14.9 Å². The fourth-order valence-corrected chi connectivity index (χ4v) is 11.7. The van der Waals surface area contributed by atoms with E-state index in [1.807, 2.05) is 0 Å². The summed E-state index contributed by atoms with van der Waals surface area (Å²) in [5, 5.41) is 20.6. The Morgan fingerprint density at radius 2 is 1.43 bits per heavy atom. The first kappa shape index (κ1) is 40.9. The average molecular weight is 685 g/mol. The summed E-state index contributed by atoms with van der Waals surface area (Å²) in [6.07, 6.45) is 29.9. The van der Waals surface area contributed by atoms with Gasteiger partial charge >= 0.3 is 5.97 Å². The SMILES string of the molecule is CCCCCCCCC(O)C(O)CCCCCCCC(=O)O[C@H]1CC[C@@]2(C)C(=CC[C@H]3[C@@H]4CC[C@H]([C@H](C)CCCC(C)C)[C@@]4(C)CC[C@@H]32)C1. The van der Waals surface area contributed by atoms with Crippen LogP contribution in [0.1, 0.15) is 202 Å². The molecule has 0 aromatic rings. The number of carbonyl (C=O) groups excluding carboxylic acids is 1. The topological polar surface area (TPSA) is 66.8 Å². The normalized spacial score (nSPS) is 32.9. The molecule has 0 aromatic carbocycles. The number of carbonyl (C=O) groups is 1. The summed E-state index contributed by atoms with van der Waals surface area (Å²) < 4.78 is 6.10. The first-order valence-corrected chi connectivity index (χ1v) is 21.7. The molecule has 0 bridgehead atoms. The number of hydrogen-bond donors (Lipinski definition) is 2. The summed E-state index contributed by atoms with van der Waals surface area (Å²) in [6, 6.07) is 0. The fourth-order valence-electron chi connectivity index (χ4n) is 11.7. The van der Waals surface area contributed by atoms with Crippen molar-refractivity contribution in [2.24, 2.45) is 46.3 Å². The molecule has 0 radical (unpaired) electrons. The molecule has 284 valence electrons. The molecule has 0 amide bonds. The van der Waals surface area contributed by atoms with Crippen molar-refractivity contribution in [2.45, 2.75) is 220 Å².